The third kappa shape index (κ3) is 1.86. The fourth-order valence-electron chi connectivity index (χ4n) is 1.95. The molecule has 0 aromatic carbocycles. The molecule has 84 valence electrons. The van der Waals surface area contributed by atoms with Crippen LogP contribution in [0.25, 0.3) is 5.65 Å². The molecule has 0 aliphatic carbocycles. The topological polar surface area (TPSA) is 51.5 Å². The average molecular weight is 218 g/mol. The van der Waals surface area contributed by atoms with Gasteiger partial charge in [0.1, 0.15) is 6.10 Å². The number of rotatable bonds is 2. The van der Waals surface area contributed by atoms with Crippen molar-refractivity contribution in [2.75, 3.05) is 13.1 Å². The summed E-state index contributed by atoms with van der Waals surface area (Å²) in [5, 5.41) is 7.41. The van der Waals surface area contributed by atoms with E-state index < -0.39 is 0 Å². The first kappa shape index (κ1) is 9.59. The molecule has 1 unspecified atom stereocenters. The fourth-order valence-corrected chi connectivity index (χ4v) is 1.95. The van der Waals surface area contributed by atoms with Crippen LogP contribution in [0.1, 0.15) is 12.8 Å². The second kappa shape index (κ2) is 4.09. The quantitative estimate of drug-likeness (QED) is 0.812. The molecular formula is C11H14N4O. The van der Waals surface area contributed by atoms with E-state index in [0.29, 0.717) is 5.88 Å². The molecule has 2 aromatic rings. The molecule has 2 aromatic heterocycles. The minimum atomic E-state index is 0.242. The summed E-state index contributed by atoms with van der Waals surface area (Å²) in [5.74, 6) is 0.682. The summed E-state index contributed by atoms with van der Waals surface area (Å²) in [4.78, 5) is 4.38. The van der Waals surface area contributed by atoms with Crippen molar-refractivity contribution in [2.45, 2.75) is 18.9 Å². The Morgan fingerprint density at radius 1 is 1.44 bits per heavy atom. The molecule has 5 heteroatoms. The van der Waals surface area contributed by atoms with Crippen LogP contribution < -0.4 is 10.1 Å². The van der Waals surface area contributed by atoms with E-state index in [-0.39, 0.29) is 6.10 Å². The fraction of sp³-hybridized carbons (Fsp3) is 0.455. The Hall–Kier alpha value is -1.62. The van der Waals surface area contributed by atoms with Gasteiger partial charge in [-0.1, -0.05) is 0 Å². The molecule has 0 radical (unpaired) electrons. The predicted octanol–water partition coefficient (Wildman–Crippen LogP) is 0.860. The van der Waals surface area contributed by atoms with Gasteiger partial charge < -0.3 is 10.1 Å². The zero-order valence-electron chi connectivity index (χ0n) is 8.97. The molecule has 0 bridgehead atoms. The molecule has 1 fully saturated rings. The zero-order valence-corrected chi connectivity index (χ0v) is 8.97. The highest BCUT2D eigenvalue weighted by Crippen LogP contribution is 2.13. The minimum Gasteiger partial charge on any atom is -0.473 e. The van der Waals surface area contributed by atoms with Gasteiger partial charge in [-0.05, 0) is 19.4 Å². The predicted molar refractivity (Wildman–Crippen MR) is 59.5 cm³/mol. The largest absolute Gasteiger partial charge is 0.473 e. The van der Waals surface area contributed by atoms with E-state index in [0.717, 1.165) is 25.2 Å². The molecule has 1 saturated heterocycles. The van der Waals surface area contributed by atoms with Gasteiger partial charge in [-0.15, -0.1) is 0 Å². The van der Waals surface area contributed by atoms with E-state index in [1.165, 1.54) is 6.42 Å². The lowest BCUT2D eigenvalue weighted by Gasteiger charge is -2.23. The molecule has 5 nitrogen and oxygen atoms in total. The Morgan fingerprint density at radius 2 is 2.44 bits per heavy atom. The maximum atomic E-state index is 5.82. The van der Waals surface area contributed by atoms with Crippen molar-refractivity contribution in [3.63, 3.8) is 0 Å². The van der Waals surface area contributed by atoms with E-state index >= 15 is 0 Å². The number of hydrogen-bond donors (Lipinski definition) is 1. The van der Waals surface area contributed by atoms with E-state index in [4.69, 9.17) is 4.74 Å². The standard InChI is InChI=1S/C11H14N4O/c1-2-9(8-12-5-1)16-11-4-7-15-10(14-11)3-6-13-15/h3-4,6-7,9,12H,1-2,5,8H2. The summed E-state index contributed by atoms with van der Waals surface area (Å²) in [6.07, 6.45) is 6.10. The monoisotopic (exact) mass is 218 g/mol. The molecule has 0 amide bonds. The van der Waals surface area contributed by atoms with Gasteiger partial charge >= 0.3 is 0 Å². The number of hydrogen-bond acceptors (Lipinski definition) is 4. The summed E-state index contributed by atoms with van der Waals surface area (Å²) in [5.41, 5.74) is 0.821. The molecule has 3 heterocycles. The van der Waals surface area contributed by atoms with Gasteiger partial charge in [0.2, 0.25) is 5.88 Å². The molecule has 1 N–H and O–H groups in total. The summed E-state index contributed by atoms with van der Waals surface area (Å²) in [6, 6.07) is 3.72. The van der Waals surface area contributed by atoms with Crippen LogP contribution in [-0.4, -0.2) is 33.8 Å². The molecule has 1 aliphatic rings. The number of fused-ring (bicyclic) bond motifs is 1. The Kier molecular flexibility index (Phi) is 2.46. The van der Waals surface area contributed by atoms with Gasteiger partial charge in [-0.25, -0.2) is 4.52 Å². The summed E-state index contributed by atoms with van der Waals surface area (Å²) >= 11 is 0. The molecule has 0 saturated carbocycles. The second-order valence-electron chi connectivity index (χ2n) is 3.99. The van der Waals surface area contributed by atoms with Crippen molar-refractivity contribution in [3.8, 4) is 5.88 Å². The first-order valence-electron chi connectivity index (χ1n) is 5.59. The van der Waals surface area contributed by atoms with Gasteiger partial charge in [0.15, 0.2) is 5.65 Å². The second-order valence-corrected chi connectivity index (χ2v) is 3.99. The number of ether oxygens (including phenoxy) is 1. The molecular weight excluding hydrogens is 204 g/mol. The van der Waals surface area contributed by atoms with Crippen LogP contribution in [0.4, 0.5) is 0 Å². The molecule has 16 heavy (non-hydrogen) atoms. The van der Waals surface area contributed by atoms with E-state index in [1.54, 1.807) is 10.7 Å². The summed E-state index contributed by atoms with van der Waals surface area (Å²) in [6.45, 7) is 2.00. The number of aromatic nitrogens is 3. The third-order valence-corrected chi connectivity index (χ3v) is 2.77. The van der Waals surface area contributed by atoms with Crippen LogP contribution in [0.5, 0.6) is 5.88 Å². The van der Waals surface area contributed by atoms with Crippen molar-refractivity contribution in [1.29, 1.82) is 0 Å². The highest BCUT2D eigenvalue weighted by Gasteiger charge is 2.14. The van der Waals surface area contributed by atoms with Crippen LogP contribution in [0.2, 0.25) is 0 Å². The van der Waals surface area contributed by atoms with Crippen LogP contribution in [0, 0.1) is 0 Å². The Morgan fingerprint density at radius 3 is 3.31 bits per heavy atom. The van der Waals surface area contributed by atoms with Crippen LogP contribution in [0.3, 0.4) is 0 Å². The summed E-state index contributed by atoms with van der Waals surface area (Å²) in [7, 11) is 0. The zero-order chi connectivity index (χ0) is 10.8. The van der Waals surface area contributed by atoms with Gasteiger partial charge in [-0.3, -0.25) is 0 Å². The Balaban J connectivity index is 1.77. The average Bonchev–Trinajstić information content (AvgIpc) is 2.77. The van der Waals surface area contributed by atoms with Crippen molar-refractivity contribution in [1.82, 2.24) is 19.9 Å². The van der Waals surface area contributed by atoms with Crippen LogP contribution in [0.15, 0.2) is 24.5 Å². The highest BCUT2D eigenvalue weighted by atomic mass is 16.5. The minimum absolute atomic E-state index is 0.242. The van der Waals surface area contributed by atoms with Gasteiger partial charge in [-0.2, -0.15) is 10.1 Å². The number of piperidine rings is 1. The maximum absolute atomic E-state index is 5.82. The molecule has 1 aliphatic heterocycles. The Bertz CT molecular complexity index is 476. The Labute approximate surface area is 93.4 Å². The van der Waals surface area contributed by atoms with Crippen molar-refractivity contribution in [2.24, 2.45) is 0 Å². The van der Waals surface area contributed by atoms with Gasteiger partial charge in [0, 0.05) is 24.9 Å². The normalized spacial score (nSPS) is 21.1. The molecule has 0 spiro atoms. The maximum Gasteiger partial charge on any atom is 0.217 e. The van der Waals surface area contributed by atoms with E-state index in [9.17, 15) is 0 Å². The highest BCUT2D eigenvalue weighted by molar-refractivity contribution is 5.37. The van der Waals surface area contributed by atoms with Crippen LogP contribution >= 0.6 is 0 Å². The summed E-state index contributed by atoms with van der Waals surface area (Å²) < 4.78 is 7.55. The van der Waals surface area contributed by atoms with Gasteiger partial charge in [0.25, 0.3) is 0 Å². The number of nitrogens with one attached hydrogen (secondary N) is 1. The van der Waals surface area contributed by atoms with Crippen molar-refractivity contribution in [3.05, 3.63) is 24.5 Å². The molecule has 3 rings (SSSR count). The van der Waals surface area contributed by atoms with Gasteiger partial charge in [0.05, 0.1) is 6.20 Å². The lowest BCUT2D eigenvalue weighted by atomic mass is 10.1. The SMILES string of the molecule is c1cc2nc(OC3CCCNC3)ccn2n1. The lowest BCUT2D eigenvalue weighted by Crippen LogP contribution is -2.37. The third-order valence-electron chi connectivity index (χ3n) is 2.77. The first-order valence-corrected chi connectivity index (χ1v) is 5.59. The smallest absolute Gasteiger partial charge is 0.217 e. The lowest BCUT2D eigenvalue weighted by molar-refractivity contribution is 0.160. The first-order chi connectivity index (χ1) is 7.92. The molecule has 1 atom stereocenters. The number of nitrogens with zero attached hydrogens (tertiary/aromatic N) is 3. The van der Waals surface area contributed by atoms with E-state index in [2.05, 4.69) is 15.4 Å². The van der Waals surface area contributed by atoms with E-state index in [1.807, 2.05) is 18.3 Å². The van der Waals surface area contributed by atoms with Crippen LogP contribution in [-0.2, 0) is 0 Å². The van der Waals surface area contributed by atoms with Crippen molar-refractivity contribution >= 4 is 5.65 Å². The van der Waals surface area contributed by atoms with Crippen molar-refractivity contribution < 1.29 is 4.74 Å².